The highest BCUT2D eigenvalue weighted by Gasteiger charge is 2.31. The Labute approximate surface area is 131 Å². The van der Waals surface area contributed by atoms with Gasteiger partial charge in [-0.05, 0) is 31.9 Å². The minimum Gasteiger partial charge on any atom is -0.465 e. The zero-order valence-electron chi connectivity index (χ0n) is 11.8. The van der Waals surface area contributed by atoms with Crippen LogP contribution in [-0.2, 0) is 9.53 Å². The molecule has 0 N–H and O–H groups in total. The highest BCUT2D eigenvalue weighted by atomic mass is 35.5. The van der Waals surface area contributed by atoms with Crippen molar-refractivity contribution in [3.8, 4) is 0 Å². The minimum atomic E-state index is -1.32. The standard InChI is InChI=1S/C15H14ClF2NO3/c1-2-22-15(21)10(7-19-8-3-4-8)14(20)9-5-12(17)13(18)6-11(9)16/h5-8,10H,2-4H2,1H3/t10-/m0/s1. The summed E-state index contributed by atoms with van der Waals surface area (Å²) in [5.74, 6) is -5.26. The number of ketones is 1. The maximum absolute atomic E-state index is 13.3. The molecule has 4 nitrogen and oxygen atoms in total. The van der Waals surface area contributed by atoms with Gasteiger partial charge in [0, 0.05) is 17.8 Å². The third kappa shape index (κ3) is 3.88. The van der Waals surface area contributed by atoms with E-state index in [1.165, 1.54) is 6.21 Å². The molecular formula is C15H14ClF2NO3. The molecule has 1 aromatic carbocycles. The summed E-state index contributed by atoms with van der Waals surface area (Å²) in [7, 11) is 0. The lowest BCUT2D eigenvalue weighted by molar-refractivity contribution is -0.143. The Bertz CT molecular complexity index is 629. The average Bonchev–Trinajstić information content (AvgIpc) is 3.27. The fourth-order valence-electron chi connectivity index (χ4n) is 1.78. The molecule has 0 aromatic heterocycles. The number of halogens is 3. The van der Waals surface area contributed by atoms with Crippen LogP contribution in [0.3, 0.4) is 0 Å². The van der Waals surface area contributed by atoms with Crippen LogP contribution in [0.4, 0.5) is 8.78 Å². The molecule has 118 valence electrons. The lowest BCUT2D eigenvalue weighted by atomic mass is 9.98. The van der Waals surface area contributed by atoms with Gasteiger partial charge in [0.1, 0.15) is 0 Å². The first kappa shape index (κ1) is 16.5. The van der Waals surface area contributed by atoms with Crippen molar-refractivity contribution in [1.29, 1.82) is 0 Å². The van der Waals surface area contributed by atoms with Crippen LogP contribution in [0.25, 0.3) is 0 Å². The first-order valence-electron chi connectivity index (χ1n) is 6.82. The maximum atomic E-state index is 13.3. The van der Waals surface area contributed by atoms with Crippen LogP contribution in [0, 0.1) is 17.6 Å². The fourth-order valence-corrected chi connectivity index (χ4v) is 2.02. The zero-order chi connectivity index (χ0) is 16.3. The Morgan fingerprint density at radius 1 is 1.41 bits per heavy atom. The van der Waals surface area contributed by atoms with Gasteiger partial charge in [-0.1, -0.05) is 11.6 Å². The molecule has 0 saturated heterocycles. The van der Waals surface area contributed by atoms with Crippen molar-refractivity contribution < 1.29 is 23.1 Å². The van der Waals surface area contributed by atoms with E-state index in [1.54, 1.807) is 6.92 Å². The van der Waals surface area contributed by atoms with Gasteiger partial charge in [0.25, 0.3) is 0 Å². The van der Waals surface area contributed by atoms with Gasteiger partial charge in [0.2, 0.25) is 0 Å². The number of hydrogen-bond acceptors (Lipinski definition) is 4. The number of aliphatic imine (C=N–C) groups is 1. The molecule has 22 heavy (non-hydrogen) atoms. The molecule has 1 atom stereocenters. The maximum Gasteiger partial charge on any atom is 0.322 e. The van der Waals surface area contributed by atoms with E-state index in [2.05, 4.69) is 4.99 Å². The molecule has 0 amide bonds. The van der Waals surface area contributed by atoms with Crippen molar-refractivity contribution in [2.24, 2.45) is 10.9 Å². The quantitative estimate of drug-likeness (QED) is 0.265. The number of nitrogens with zero attached hydrogens (tertiary/aromatic N) is 1. The number of Topliss-reactive ketones (excluding diaryl/α,β-unsaturated/α-hetero) is 1. The summed E-state index contributed by atoms with van der Waals surface area (Å²) in [5, 5.41) is -0.266. The average molecular weight is 330 g/mol. The molecular weight excluding hydrogens is 316 g/mol. The number of rotatable bonds is 6. The second-order valence-corrected chi connectivity index (χ2v) is 5.28. The van der Waals surface area contributed by atoms with Crippen molar-refractivity contribution >= 4 is 29.6 Å². The van der Waals surface area contributed by atoms with Gasteiger partial charge in [-0.25, -0.2) is 8.78 Å². The monoisotopic (exact) mass is 329 g/mol. The summed E-state index contributed by atoms with van der Waals surface area (Å²) in [5.41, 5.74) is -0.277. The Kier molecular flexibility index (Phi) is 5.24. The molecule has 1 aliphatic rings. The largest absolute Gasteiger partial charge is 0.465 e. The topological polar surface area (TPSA) is 55.7 Å². The number of carbonyl (C=O) groups is 2. The van der Waals surface area contributed by atoms with Crippen LogP contribution in [0.2, 0.25) is 5.02 Å². The van der Waals surface area contributed by atoms with Gasteiger partial charge in [0.15, 0.2) is 23.3 Å². The van der Waals surface area contributed by atoms with E-state index in [-0.39, 0.29) is 23.2 Å². The van der Waals surface area contributed by atoms with Crippen LogP contribution >= 0.6 is 11.6 Å². The molecule has 0 heterocycles. The van der Waals surface area contributed by atoms with Crippen LogP contribution in [0.15, 0.2) is 17.1 Å². The third-order valence-corrected chi connectivity index (χ3v) is 3.40. The van der Waals surface area contributed by atoms with Gasteiger partial charge in [0.05, 0.1) is 11.6 Å². The van der Waals surface area contributed by atoms with Crippen molar-refractivity contribution in [3.05, 3.63) is 34.4 Å². The third-order valence-electron chi connectivity index (χ3n) is 3.09. The molecule has 2 rings (SSSR count). The summed E-state index contributed by atoms with van der Waals surface area (Å²) in [6.07, 6.45) is 2.99. The Hall–Kier alpha value is -1.82. The highest BCUT2D eigenvalue weighted by Crippen LogP contribution is 2.25. The minimum absolute atomic E-state index is 0.0887. The van der Waals surface area contributed by atoms with Crippen LogP contribution in [-0.4, -0.2) is 30.6 Å². The number of ether oxygens (including phenoxy) is 1. The highest BCUT2D eigenvalue weighted by molar-refractivity contribution is 6.35. The molecule has 0 radical (unpaired) electrons. The van der Waals surface area contributed by atoms with Gasteiger partial charge in [-0.3, -0.25) is 14.6 Å². The molecule has 0 aliphatic heterocycles. The van der Waals surface area contributed by atoms with Crippen molar-refractivity contribution in [2.45, 2.75) is 25.8 Å². The molecule has 1 aromatic rings. The van der Waals surface area contributed by atoms with E-state index in [4.69, 9.17) is 16.3 Å². The second kappa shape index (κ2) is 6.96. The number of esters is 1. The normalized spacial score (nSPS) is 15.8. The molecule has 7 heteroatoms. The number of benzene rings is 1. The molecule has 0 bridgehead atoms. The van der Waals surface area contributed by atoms with Crippen molar-refractivity contribution in [1.82, 2.24) is 0 Å². The smallest absolute Gasteiger partial charge is 0.322 e. The second-order valence-electron chi connectivity index (χ2n) is 4.87. The SMILES string of the molecule is CCOC(=O)[C@@H](C=NC1CC1)C(=O)c1cc(F)c(F)cc1Cl. The first-order chi connectivity index (χ1) is 10.4. The van der Waals surface area contributed by atoms with E-state index >= 15 is 0 Å². The van der Waals surface area contributed by atoms with Gasteiger partial charge < -0.3 is 4.74 Å². The van der Waals surface area contributed by atoms with E-state index in [9.17, 15) is 18.4 Å². The first-order valence-corrected chi connectivity index (χ1v) is 7.20. The fraction of sp³-hybridized carbons (Fsp3) is 0.400. The summed E-state index contributed by atoms with van der Waals surface area (Å²) in [6.45, 7) is 1.69. The number of carbonyl (C=O) groups excluding carboxylic acids is 2. The molecule has 0 unspecified atom stereocenters. The van der Waals surface area contributed by atoms with E-state index < -0.39 is 29.3 Å². The molecule has 1 saturated carbocycles. The van der Waals surface area contributed by atoms with Gasteiger partial charge in [-0.2, -0.15) is 0 Å². The summed E-state index contributed by atoms with van der Waals surface area (Å²) < 4.78 is 31.2. The predicted molar refractivity (Wildman–Crippen MR) is 77.3 cm³/mol. The predicted octanol–water partition coefficient (Wildman–Crippen LogP) is 3.21. The lowest BCUT2D eigenvalue weighted by Gasteiger charge is -2.11. The van der Waals surface area contributed by atoms with Crippen molar-refractivity contribution in [3.63, 3.8) is 0 Å². The lowest BCUT2D eigenvalue weighted by Crippen LogP contribution is -2.28. The van der Waals surface area contributed by atoms with Crippen LogP contribution in [0.1, 0.15) is 30.1 Å². The van der Waals surface area contributed by atoms with Crippen molar-refractivity contribution in [2.75, 3.05) is 6.61 Å². The Morgan fingerprint density at radius 3 is 2.64 bits per heavy atom. The van der Waals surface area contributed by atoms with Gasteiger partial charge in [-0.15, -0.1) is 0 Å². The Balaban J connectivity index is 2.31. The van der Waals surface area contributed by atoms with E-state index in [1.807, 2.05) is 0 Å². The summed E-state index contributed by atoms with van der Waals surface area (Å²) >= 11 is 5.77. The molecule has 1 aliphatic carbocycles. The number of hydrogen-bond donors (Lipinski definition) is 0. The van der Waals surface area contributed by atoms with Crippen LogP contribution < -0.4 is 0 Å². The Morgan fingerprint density at radius 2 is 2.05 bits per heavy atom. The summed E-state index contributed by atoms with van der Waals surface area (Å²) in [4.78, 5) is 28.4. The van der Waals surface area contributed by atoms with Gasteiger partial charge >= 0.3 is 5.97 Å². The molecule has 1 fully saturated rings. The van der Waals surface area contributed by atoms with Crippen LogP contribution in [0.5, 0.6) is 0 Å². The zero-order valence-corrected chi connectivity index (χ0v) is 12.6. The van der Waals surface area contributed by atoms with E-state index in [0.29, 0.717) is 12.1 Å². The summed E-state index contributed by atoms with van der Waals surface area (Å²) in [6, 6.07) is 1.48. The van der Waals surface area contributed by atoms with E-state index in [0.717, 1.165) is 12.8 Å². The molecule has 0 spiro atoms.